The fraction of sp³-hybridized carbons (Fsp3) is 0.455. The lowest BCUT2D eigenvalue weighted by atomic mass is 10.4. The van der Waals surface area contributed by atoms with Gasteiger partial charge in [0, 0.05) is 12.2 Å². The van der Waals surface area contributed by atoms with Crippen LogP contribution in [-0.2, 0) is 19.1 Å². The smallest absolute Gasteiger partial charge is 0.330 e. The van der Waals surface area contributed by atoms with Crippen LogP contribution < -0.4 is 0 Å². The van der Waals surface area contributed by atoms with Crippen LogP contribution in [0.5, 0.6) is 0 Å². The number of carbonyl (C=O) groups excluding carboxylic acids is 2. The van der Waals surface area contributed by atoms with E-state index in [0.29, 0.717) is 6.61 Å². The molecule has 0 aromatic rings. The van der Waals surface area contributed by atoms with E-state index in [9.17, 15) is 9.59 Å². The van der Waals surface area contributed by atoms with Crippen molar-refractivity contribution in [3.8, 4) is 0 Å². The normalized spacial score (nSPS) is 10.8. The van der Waals surface area contributed by atoms with Gasteiger partial charge in [0.2, 0.25) is 0 Å². The van der Waals surface area contributed by atoms with E-state index < -0.39 is 11.9 Å². The summed E-state index contributed by atoms with van der Waals surface area (Å²) in [6.45, 7) is 2.45. The summed E-state index contributed by atoms with van der Waals surface area (Å²) in [5, 5.41) is 0. The second kappa shape index (κ2) is 8.99. The van der Waals surface area contributed by atoms with E-state index in [2.05, 4.69) is 4.74 Å². The van der Waals surface area contributed by atoms with Gasteiger partial charge in [-0.05, 0) is 6.42 Å². The fourth-order valence-electron chi connectivity index (χ4n) is 0.701. The Morgan fingerprint density at radius 3 is 2.27 bits per heavy atom. The fourth-order valence-corrected chi connectivity index (χ4v) is 0.701. The predicted octanol–water partition coefficient (Wildman–Crippen LogP) is 1.62. The molecule has 4 heteroatoms. The van der Waals surface area contributed by atoms with Crippen molar-refractivity contribution in [1.29, 1.82) is 0 Å². The quantitative estimate of drug-likeness (QED) is 0.290. The SMILES string of the molecule is CCCCOC(=O)C=CC=CC(=O)OC. The number of esters is 2. The van der Waals surface area contributed by atoms with E-state index in [4.69, 9.17) is 4.74 Å². The van der Waals surface area contributed by atoms with Crippen LogP contribution in [0.3, 0.4) is 0 Å². The van der Waals surface area contributed by atoms with Crippen molar-refractivity contribution in [3.05, 3.63) is 24.3 Å². The molecule has 0 saturated carbocycles. The molecule has 0 unspecified atom stereocenters. The summed E-state index contributed by atoms with van der Waals surface area (Å²) >= 11 is 0. The predicted molar refractivity (Wildman–Crippen MR) is 56.2 cm³/mol. The number of carbonyl (C=O) groups is 2. The highest BCUT2D eigenvalue weighted by Gasteiger charge is 1.94. The van der Waals surface area contributed by atoms with E-state index in [1.165, 1.54) is 31.4 Å². The number of ether oxygens (including phenoxy) is 2. The lowest BCUT2D eigenvalue weighted by Gasteiger charge is -1.97. The third-order valence-electron chi connectivity index (χ3n) is 1.52. The van der Waals surface area contributed by atoms with E-state index >= 15 is 0 Å². The molecule has 0 amide bonds. The highest BCUT2D eigenvalue weighted by molar-refractivity contribution is 5.84. The molecule has 0 aromatic carbocycles. The third kappa shape index (κ3) is 8.74. The molecule has 0 spiro atoms. The van der Waals surface area contributed by atoms with Crippen LogP contribution in [-0.4, -0.2) is 25.7 Å². The van der Waals surface area contributed by atoms with E-state index in [0.717, 1.165) is 12.8 Å². The molecule has 0 aliphatic heterocycles. The Balaban J connectivity index is 3.71. The second-order valence-corrected chi connectivity index (χ2v) is 2.76. The minimum Gasteiger partial charge on any atom is -0.466 e. The monoisotopic (exact) mass is 212 g/mol. The molecule has 4 nitrogen and oxygen atoms in total. The molecule has 0 aromatic heterocycles. The summed E-state index contributed by atoms with van der Waals surface area (Å²) < 4.78 is 9.20. The van der Waals surface area contributed by atoms with Crippen molar-refractivity contribution in [2.75, 3.05) is 13.7 Å². The molecule has 0 N–H and O–H groups in total. The average molecular weight is 212 g/mol. The van der Waals surface area contributed by atoms with Gasteiger partial charge in [-0.2, -0.15) is 0 Å². The zero-order valence-electron chi connectivity index (χ0n) is 9.06. The number of hydrogen-bond acceptors (Lipinski definition) is 4. The van der Waals surface area contributed by atoms with Crippen molar-refractivity contribution in [3.63, 3.8) is 0 Å². The number of methoxy groups -OCH3 is 1. The van der Waals surface area contributed by atoms with Gasteiger partial charge in [-0.3, -0.25) is 0 Å². The Morgan fingerprint density at radius 1 is 1.13 bits per heavy atom. The van der Waals surface area contributed by atoms with Crippen molar-refractivity contribution >= 4 is 11.9 Å². The van der Waals surface area contributed by atoms with E-state index in [-0.39, 0.29) is 0 Å². The Hall–Kier alpha value is -1.58. The van der Waals surface area contributed by atoms with Crippen molar-refractivity contribution in [2.24, 2.45) is 0 Å². The molecule has 0 saturated heterocycles. The third-order valence-corrected chi connectivity index (χ3v) is 1.52. The maximum atomic E-state index is 11.0. The van der Waals surface area contributed by atoms with Crippen LogP contribution in [0.4, 0.5) is 0 Å². The highest BCUT2D eigenvalue weighted by atomic mass is 16.5. The molecule has 0 aliphatic rings. The zero-order valence-corrected chi connectivity index (χ0v) is 9.06. The van der Waals surface area contributed by atoms with Crippen molar-refractivity contribution in [1.82, 2.24) is 0 Å². The van der Waals surface area contributed by atoms with Crippen LogP contribution in [0.2, 0.25) is 0 Å². The minimum absolute atomic E-state index is 0.405. The van der Waals surface area contributed by atoms with Gasteiger partial charge in [0.25, 0.3) is 0 Å². The zero-order chi connectivity index (χ0) is 11.5. The summed E-state index contributed by atoms with van der Waals surface area (Å²) in [7, 11) is 1.29. The number of unbranched alkanes of at least 4 members (excludes halogenated alkanes) is 1. The summed E-state index contributed by atoms with van der Waals surface area (Å²) in [5.41, 5.74) is 0. The lowest BCUT2D eigenvalue weighted by molar-refractivity contribution is -0.138. The van der Waals surface area contributed by atoms with Crippen LogP contribution in [0, 0.1) is 0 Å². The average Bonchev–Trinajstić information content (AvgIpc) is 2.24. The van der Waals surface area contributed by atoms with Gasteiger partial charge in [0.1, 0.15) is 0 Å². The van der Waals surface area contributed by atoms with Gasteiger partial charge in [0.05, 0.1) is 13.7 Å². The molecule has 0 heterocycles. The summed E-state index contributed by atoms with van der Waals surface area (Å²) in [4.78, 5) is 21.6. The van der Waals surface area contributed by atoms with Gasteiger partial charge in [-0.15, -0.1) is 0 Å². The van der Waals surface area contributed by atoms with Gasteiger partial charge >= 0.3 is 11.9 Å². The van der Waals surface area contributed by atoms with Crippen LogP contribution >= 0.6 is 0 Å². The standard InChI is InChI=1S/C11H16O4/c1-3-4-9-15-11(13)8-6-5-7-10(12)14-2/h5-8H,3-4,9H2,1-2H3. The van der Waals surface area contributed by atoms with Crippen LogP contribution in [0.25, 0.3) is 0 Å². The van der Waals surface area contributed by atoms with Gasteiger partial charge in [0.15, 0.2) is 0 Å². The molecular formula is C11H16O4. The first-order valence-corrected chi connectivity index (χ1v) is 4.80. The maximum absolute atomic E-state index is 11.0. The highest BCUT2D eigenvalue weighted by Crippen LogP contribution is 1.90. The van der Waals surface area contributed by atoms with Crippen molar-refractivity contribution in [2.45, 2.75) is 19.8 Å². The summed E-state index contributed by atoms with van der Waals surface area (Å²) in [5.74, 6) is -0.864. The van der Waals surface area contributed by atoms with Gasteiger partial charge in [-0.25, -0.2) is 9.59 Å². The number of hydrogen-bond donors (Lipinski definition) is 0. The molecule has 0 fully saturated rings. The molecule has 15 heavy (non-hydrogen) atoms. The minimum atomic E-state index is -0.459. The molecule has 0 rings (SSSR count). The van der Waals surface area contributed by atoms with E-state index in [1.54, 1.807) is 0 Å². The van der Waals surface area contributed by atoms with Crippen LogP contribution in [0.1, 0.15) is 19.8 Å². The molecular weight excluding hydrogens is 196 g/mol. The summed E-state index contributed by atoms with van der Waals surface area (Å²) in [6, 6.07) is 0. The van der Waals surface area contributed by atoms with Gasteiger partial charge in [-0.1, -0.05) is 25.5 Å². The first kappa shape index (κ1) is 13.4. The number of allylic oxidation sites excluding steroid dienone is 2. The Kier molecular flexibility index (Phi) is 8.05. The molecule has 0 aliphatic carbocycles. The Morgan fingerprint density at radius 2 is 1.73 bits per heavy atom. The largest absolute Gasteiger partial charge is 0.466 e. The van der Waals surface area contributed by atoms with E-state index in [1.807, 2.05) is 6.92 Å². The Labute approximate surface area is 89.6 Å². The van der Waals surface area contributed by atoms with Gasteiger partial charge < -0.3 is 9.47 Å². The first-order valence-electron chi connectivity index (χ1n) is 4.80. The lowest BCUT2D eigenvalue weighted by Crippen LogP contribution is -2.01. The molecule has 0 radical (unpaired) electrons. The Bertz CT molecular complexity index is 253. The first-order chi connectivity index (χ1) is 7.20. The molecule has 0 bridgehead atoms. The number of rotatable bonds is 6. The van der Waals surface area contributed by atoms with Crippen molar-refractivity contribution < 1.29 is 19.1 Å². The molecule has 84 valence electrons. The second-order valence-electron chi connectivity index (χ2n) is 2.76. The topological polar surface area (TPSA) is 52.6 Å². The summed E-state index contributed by atoms with van der Waals surface area (Å²) in [6.07, 6.45) is 7.18. The maximum Gasteiger partial charge on any atom is 0.330 e. The van der Waals surface area contributed by atoms with Crippen LogP contribution in [0.15, 0.2) is 24.3 Å². The molecule has 0 atom stereocenters.